The van der Waals surface area contributed by atoms with Crippen molar-refractivity contribution >= 4 is 6.16 Å². The molecule has 0 fully saturated rings. The molecular weight excluding hydrogens is 492 g/mol. The minimum Gasteiger partial charge on any atom is -0.434 e. The predicted molar refractivity (Wildman–Crippen MR) is 176 cm³/mol. The highest BCUT2D eigenvalue weighted by Crippen LogP contribution is 2.15. The summed E-state index contributed by atoms with van der Waals surface area (Å²) < 4.78 is 10.4. The summed E-state index contributed by atoms with van der Waals surface area (Å²) in [5, 5.41) is 0. The van der Waals surface area contributed by atoms with Crippen LogP contribution in [0.5, 0.6) is 0 Å². The Morgan fingerprint density at radius 1 is 0.375 bits per heavy atom. The van der Waals surface area contributed by atoms with E-state index in [1.807, 2.05) is 0 Å². The first kappa shape index (κ1) is 39.0. The minimum absolute atomic E-state index is 0.479. The summed E-state index contributed by atoms with van der Waals surface area (Å²) in [7, 11) is 0. The molecule has 0 N–H and O–H groups in total. The van der Waals surface area contributed by atoms with Gasteiger partial charge in [0, 0.05) is 0 Å². The van der Waals surface area contributed by atoms with Gasteiger partial charge >= 0.3 is 6.16 Å². The molecule has 0 atom stereocenters. The van der Waals surface area contributed by atoms with Crippen LogP contribution in [0, 0.1) is 0 Å². The fourth-order valence-corrected chi connectivity index (χ4v) is 5.34. The Hall–Kier alpha value is -0.990. The summed E-state index contributed by atoms with van der Waals surface area (Å²) in [5.74, 6) is 0. The maximum absolute atomic E-state index is 11.7. The van der Waals surface area contributed by atoms with Crippen LogP contribution in [0.2, 0.25) is 0 Å². The van der Waals surface area contributed by atoms with Crippen molar-refractivity contribution in [2.24, 2.45) is 0 Å². The zero-order valence-electron chi connectivity index (χ0n) is 27.5. The van der Waals surface area contributed by atoms with Crippen LogP contribution in [-0.4, -0.2) is 19.4 Å². The van der Waals surface area contributed by atoms with Crippen molar-refractivity contribution in [3.05, 3.63) is 12.2 Å². The van der Waals surface area contributed by atoms with Crippen molar-refractivity contribution in [3.8, 4) is 0 Å². The summed E-state index contributed by atoms with van der Waals surface area (Å²) in [6.07, 6.45) is 44.0. The second-order valence-corrected chi connectivity index (χ2v) is 12.2. The zero-order valence-corrected chi connectivity index (χ0v) is 27.5. The maximum Gasteiger partial charge on any atom is 0.508 e. The molecule has 0 aromatic rings. The van der Waals surface area contributed by atoms with Crippen LogP contribution in [0.4, 0.5) is 4.79 Å². The standard InChI is InChI=1S/C37H72O3/c1-3-5-7-9-11-13-15-17-18-19-20-21-22-23-24-26-28-30-32-34-36-40-37(38)39-35-33-31-29-27-25-16-14-12-10-8-6-4-2/h10,12H,3-9,11,13-36H2,1-2H3. The molecule has 0 bridgehead atoms. The molecule has 0 amide bonds. The SMILES string of the molecule is CCCCC=CCCCCCCCCOC(=O)OCCCCCCCCCCCCCCCCCCCCCC. The van der Waals surface area contributed by atoms with E-state index in [0.717, 1.165) is 25.7 Å². The van der Waals surface area contributed by atoms with Crippen molar-refractivity contribution in [1.29, 1.82) is 0 Å². The van der Waals surface area contributed by atoms with Crippen molar-refractivity contribution in [3.63, 3.8) is 0 Å². The van der Waals surface area contributed by atoms with Gasteiger partial charge in [-0.1, -0.05) is 187 Å². The predicted octanol–water partition coefficient (Wildman–Crippen LogP) is 13.4. The molecule has 0 saturated heterocycles. The third kappa shape index (κ3) is 35.0. The number of ether oxygens (including phenoxy) is 2. The molecule has 0 aliphatic heterocycles. The molecule has 0 unspecified atom stereocenters. The molecule has 0 aliphatic carbocycles. The largest absolute Gasteiger partial charge is 0.508 e. The monoisotopic (exact) mass is 565 g/mol. The molecule has 40 heavy (non-hydrogen) atoms. The van der Waals surface area contributed by atoms with Gasteiger partial charge in [-0.25, -0.2) is 4.79 Å². The average molecular weight is 565 g/mol. The smallest absolute Gasteiger partial charge is 0.434 e. The van der Waals surface area contributed by atoms with Crippen LogP contribution in [0.1, 0.15) is 206 Å². The van der Waals surface area contributed by atoms with Crippen LogP contribution in [0.15, 0.2) is 12.2 Å². The third-order valence-corrected chi connectivity index (χ3v) is 8.09. The Morgan fingerprint density at radius 2 is 0.650 bits per heavy atom. The molecule has 0 radical (unpaired) electrons. The molecule has 0 aliphatic rings. The maximum atomic E-state index is 11.7. The quantitative estimate of drug-likeness (QED) is 0.0451. The summed E-state index contributed by atoms with van der Waals surface area (Å²) in [6.45, 7) is 5.54. The fraction of sp³-hybridized carbons (Fsp3) is 0.919. The number of unbranched alkanes of at least 4 members (excludes halogenated alkanes) is 27. The van der Waals surface area contributed by atoms with E-state index in [9.17, 15) is 4.79 Å². The molecule has 0 heterocycles. The lowest BCUT2D eigenvalue weighted by molar-refractivity contribution is 0.0529. The van der Waals surface area contributed by atoms with E-state index in [4.69, 9.17) is 9.47 Å². The number of allylic oxidation sites excluding steroid dienone is 2. The van der Waals surface area contributed by atoms with Crippen LogP contribution in [-0.2, 0) is 9.47 Å². The lowest BCUT2D eigenvalue weighted by Gasteiger charge is -2.06. The van der Waals surface area contributed by atoms with Gasteiger partial charge in [0.15, 0.2) is 0 Å². The summed E-state index contributed by atoms with van der Waals surface area (Å²) in [4.78, 5) is 11.7. The summed E-state index contributed by atoms with van der Waals surface area (Å²) in [6, 6.07) is 0. The van der Waals surface area contributed by atoms with Gasteiger partial charge in [-0.15, -0.1) is 0 Å². The number of carbonyl (C=O) groups is 1. The Bertz CT molecular complexity index is 502. The van der Waals surface area contributed by atoms with E-state index in [1.54, 1.807) is 0 Å². The van der Waals surface area contributed by atoms with Gasteiger partial charge in [-0.2, -0.15) is 0 Å². The van der Waals surface area contributed by atoms with E-state index in [0.29, 0.717) is 13.2 Å². The second kappa shape index (κ2) is 36.0. The van der Waals surface area contributed by atoms with E-state index in [2.05, 4.69) is 26.0 Å². The van der Waals surface area contributed by atoms with Crippen LogP contribution in [0.3, 0.4) is 0 Å². The first-order valence-corrected chi connectivity index (χ1v) is 18.3. The molecule has 0 rings (SSSR count). The molecule has 238 valence electrons. The molecule has 3 heteroatoms. The highest BCUT2D eigenvalue weighted by atomic mass is 16.7. The van der Waals surface area contributed by atoms with Gasteiger partial charge in [0.25, 0.3) is 0 Å². The lowest BCUT2D eigenvalue weighted by Crippen LogP contribution is -2.09. The molecular formula is C37H72O3. The zero-order chi connectivity index (χ0) is 29.0. The second-order valence-electron chi connectivity index (χ2n) is 12.2. The first-order valence-electron chi connectivity index (χ1n) is 18.3. The van der Waals surface area contributed by atoms with E-state index >= 15 is 0 Å². The number of hydrogen-bond acceptors (Lipinski definition) is 3. The van der Waals surface area contributed by atoms with Crippen molar-refractivity contribution in [2.75, 3.05) is 13.2 Å². The van der Waals surface area contributed by atoms with Crippen LogP contribution < -0.4 is 0 Å². The topological polar surface area (TPSA) is 35.5 Å². The normalized spacial score (nSPS) is 11.4. The highest BCUT2D eigenvalue weighted by Gasteiger charge is 2.03. The Kier molecular flexibility index (Phi) is 35.1. The molecule has 0 spiro atoms. The molecule has 0 aromatic heterocycles. The first-order chi connectivity index (χ1) is 19.8. The highest BCUT2D eigenvalue weighted by molar-refractivity contribution is 5.59. The number of hydrogen-bond donors (Lipinski definition) is 0. The molecule has 0 aromatic carbocycles. The van der Waals surface area contributed by atoms with Crippen LogP contribution >= 0.6 is 0 Å². The number of rotatable bonds is 33. The van der Waals surface area contributed by atoms with Gasteiger partial charge < -0.3 is 9.47 Å². The van der Waals surface area contributed by atoms with Crippen molar-refractivity contribution in [2.45, 2.75) is 206 Å². The van der Waals surface area contributed by atoms with Gasteiger partial charge in [0.2, 0.25) is 0 Å². The Labute approximate surface area is 252 Å². The number of carbonyl (C=O) groups excluding carboxylic acids is 1. The lowest BCUT2D eigenvalue weighted by atomic mass is 10.0. The molecule has 0 saturated carbocycles. The fourth-order valence-electron chi connectivity index (χ4n) is 5.34. The van der Waals surface area contributed by atoms with E-state index in [1.165, 1.54) is 167 Å². The van der Waals surface area contributed by atoms with Gasteiger partial charge in [-0.3, -0.25) is 0 Å². The van der Waals surface area contributed by atoms with E-state index < -0.39 is 6.16 Å². The molecule has 3 nitrogen and oxygen atoms in total. The Balaban J connectivity index is 3.15. The van der Waals surface area contributed by atoms with E-state index in [-0.39, 0.29) is 0 Å². The van der Waals surface area contributed by atoms with Gasteiger partial charge in [0.05, 0.1) is 13.2 Å². The van der Waals surface area contributed by atoms with Gasteiger partial charge in [-0.05, 0) is 32.1 Å². The van der Waals surface area contributed by atoms with Crippen molar-refractivity contribution < 1.29 is 14.3 Å². The minimum atomic E-state index is -0.479. The Morgan fingerprint density at radius 3 is 1.00 bits per heavy atom. The van der Waals surface area contributed by atoms with Crippen molar-refractivity contribution in [1.82, 2.24) is 0 Å². The van der Waals surface area contributed by atoms with Gasteiger partial charge in [0.1, 0.15) is 0 Å². The van der Waals surface area contributed by atoms with Crippen LogP contribution in [0.25, 0.3) is 0 Å². The third-order valence-electron chi connectivity index (χ3n) is 8.09. The average Bonchev–Trinajstić information content (AvgIpc) is 2.96. The summed E-state index contributed by atoms with van der Waals surface area (Å²) >= 11 is 0. The summed E-state index contributed by atoms with van der Waals surface area (Å²) in [5.41, 5.74) is 0.